The molecule has 0 unspecified atom stereocenters. The maximum Gasteiger partial charge on any atom is 0.435 e. The fourth-order valence-corrected chi connectivity index (χ4v) is 1.09. The van der Waals surface area contributed by atoms with Crippen molar-refractivity contribution in [3.05, 3.63) is 11.4 Å². The largest absolute Gasteiger partial charge is 0.435 e. The number of hydrogen-bond acceptors (Lipinski definition) is 3. The summed E-state index contributed by atoms with van der Waals surface area (Å²) in [5.41, 5.74) is -1.42. The summed E-state index contributed by atoms with van der Waals surface area (Å²) in [6.45, 7) is 2.36. The van der Waals surface area contributed by atoms with Crippen LogP contribution in [-0.2, 0) is 12.8 Å². The van der Waals surface area contributed by atoms with Gasteiger partial charge in [0.05, 0.1) is 6.61 Å². The smallest absolute Gasteiger partial charge is 0.390 e. The van der Waals surface area contributed by atoms with Crippen LogP contribution in [-0.4, -0.2) is 20.1 Å². The van der Waals surface area contributed by atoms with Crippen molar-refractivity contribution >= 4 is 0 Å². The van der Waals surface area contributed by atoms with Crippen LogP contribution in [0.4, 0.5) is 13.2 Å². The molecule has 0 aliphatic rings. The van der Waals surface area contributed by atoms with Crippen LogP contribution in [0.25, 0.3) is 0 Å². The number of hydrogen-bond donors (Lipinski definition) is 1. The van der Waals surface area contributed by atoms with E-state index >= 15 is 0 Å². The minimum absolute atomic E-state index is 0.439. The standard InChI is InChI=1S/C7H10F3N3O/c1-4(2)13-6(7(8,9)10)5(3-14)11-12-13/h4,14H,3H2,1-2H3. The molecule has 0 spiro atoms. The van der Waals surface area contributed by atoms with E-state index < -0.39 is 30.2 Å². The highest BCUT2D eigenvalue weighted by Crippen LogP contribution is 2.32. The first kappa shape index (κ1) is 11.0. The van der Waals surface area contributed by atoms with E-state index in [0.29, 0.717) is 0 Å². The van der Waals surface area contributed by atoms with Crippen LogP contribution < -0.4 is 0 Å². The van der Waals surface area contributed by atoms with Crippen LogP contribution in [0.5, 0.6) is 0 Å². The number of aliphatic hydroxyl groups excluding tert-OH is 1. The maximum atomic E-state index is 12.5. The van der Waals surface area contributed by atoms with Gasteiger partial charge in [0, 0.05) is 6.04 Å². The van der Waals surface area contributed by atoms with Crippen molar-refractivity contribution in [1.29, 1.82) is 0 Å². The zero-order valence-electron chi connectivity index (χ0n) is 7.71. The molecule has 0 saturated heterocycles. The second-order valence-electron chi connectivity index (χ2n) is 3.08. The fraction of sp³-hybridized carbons (Fsp3) is 0.714. The second kappa shape index (κ2) is 3.56. The van der Waals surface area contributed by atoms with Gasteiger partial charge in [0.2, 0.25) is 0 Å². The Bertz CT molecular complexity index is 318. The normalized spacial score (nSPS) is 12.5. The van der Waals surface area contributed by atoms with E-state index in [0.717, 1.165) is 4.68 Å². The topological polar surface area (TPSA) is 50.9 Å². The number of rotatable bonds is 2. The molecule has 0 radical (unpaired) electrons. The molecule has 0 aromatic carbocycles. The van der Waals surface area contributed by atoms with Crippen LogP contribution in [0.3, 0.4) is 0 Å². The summed E-state index contributed by atoms with van der Waals surface area (Å²) in [6, 6.07) is -0.445. The first-order valence-electron chi connectivity index (χ1n) is 4.00. The first-order valence-corrected chi connectivity index (χ1v) is 4.00. The molecular weight excluding hydrogens is 199 g/mol. The Balaban J connectivity index is 3.27. The quantitative estimate of drug-likeness (QED) is 0.800. The van der Waals surface area contributed by atoms with Crippen LogP contribution in [0.2, 0.25) is 0 Å². The van der Waals surface area contributed by atoms with Gasteiger partial charge in [-0.05, 0) is 13.8 Å². The summed E-state index contributed by atoms with van der Waals surface area (Å²) in [4.78, 5) is 0. The average molecular weight is 209 g/mol. The highest BCUT2D eigenvalue weighted by atomic mass is 19.4. The maximum absolute atomic E-state index is 12.5. The van der Waals surface area contributed by atoms with E-state index in [-0.39, 0.29) is 0 Å². The van der Waals surface area contributed by atoms with Crippen molar-refractivity contribution in [2.75, 3.05) is 0 Å². The van der Waals surface area contributed by atoms with Gasteiger partial charge in [-0.25, -0.2) is 4.68 Å². The molecule has 7 heteroatoms. The van der Waals surface area contributed by atoms with E-state index in [1.807, 2.05) is 0 Å². The summed E-state index contributed by atoms with van der Waals surface area (Å²) in [6.07, 6.45) is -4.54. The zero-order valence-corrected chi connectivity index (χ0v) is 7.71. The molecule has 14 heavy (non-hydrogen) atoms. The van der Waals surface area contributed by atoms with Gasteiger partial charge in [0.15, 0.2) is 5.69 Å². The number of alkyl halides is 3. The Labute approximate surface area is 78.3 Å². The monoisotopic (exact) mass is 209 g/mol. The van der Waals surface area contributed by atoms with Crippen molar-refractivity contribution in [2.45, 2.75) is 32.7 Å². The molecule has 0 atom stereocenters. The molecule has 1 aromatic heterocycles. The summed E-state index contributed by atoms with van der Waals surface area (Å²) >= 11 is 0. The molecule has 0 bridgehead atoms. The predicted octanol–water partition coefficient (Wildman–Crippen LogP) is 1.37. The Morgan fingerprint density at radius 3 is 2.36 bits per heavy atom. The molecule has 1 heterocycles. The van der Waals surface area contributed by atoms with Gasteiger partial charge < -0.3 is 5.11 Å². The third-order valence-electron chi connectivity index (χ3n) is 1.67. The number of aromatic nitrogens is 3. The Morgan fingerprint density at radius 1 is 1.43 bits per heavy atom. The van der Waals surface area contributed by atoms with Crippen LogP contribution in [0.1, 0.15) is 31.3 Å². The lowest BCUT2D eigenvalue weighted by Crippen LogP contribution is -2.18. The highest BCUT2D eigenvalue weighted by Gasteiger charge is 2.39. The lowest BCUT2D eigenvalue weighted by molar-refractivity contribution is -0.145. The molecule has 1 rings (SSSR count). The second-order valence-corrected chi connectivity index (χ2v) is 3.08. The molecule has 1 aromatic rings. The third-order valence-corrected chi connectivity index (χ3v) is 1.67. The summed E-state index contributed by atoms with van der Waals surface area (Å²) in [7, 11) is 0. The van der Waals surface area contributed by atoms with Gasteiger partial charge >= 0.3 is 6.18 Å². The van der Waals surface area contributed by atoms with Gasteiger partial charge in [0.1, 0.15) is 5.69 Å². The van der Waals surface area contributed by atoms with E-state index in [1.54, 1.807) is 13.8 Å². The van der Waals surface area contributed by atoms with Crippen molar-refractivity contribution in [3.63, 3.8) is 0 Å². The zero-order chi connectivity index (χ0) is 10.9. The minimum Gasteiger partial charge on any atom is -0.390 e. The van der Waals surface area contributed by atoms with E-state index in [2.05, 4.69) is 10.3 Å². The Morgan fingerprint density at radius 2 is 2.00 bits per heavy atom. The molecule has 0 fully saturated rings. The van der Waals surface area contributed by atoms with Crippen molar-refractivity contribution in [3.8, 4) is 0 Å². The van der Waals surface area contributed by atoms with E-state index in [1.165, 1.54) is 0 Å². The number of nitrogens with zero attached hydrogens (tertiary/aromatic N) is 3. The van der Waals surface area contributed by atoms with Crippen molar-refractivity contribution < 1.29 is 18.3 Å². The summed E-state index contributed by atoms with van der Waals surface area (Å²) < 4.78 is 38.2. The molecule has 0 aliphatic heterocycles. The molecular formula is C7H10F3N3O. The van der Waals surface area contributed by atoms with Gasteiger partial charge in [0.25, 0.3) is 0 Å². The third kappa shape index (κ3) is 1.87. The Kier molecular flexibility index (Phi) is 2.79. The van der Waals surface area contributed by atoms with E-state index in [9.17, 15) is 13.2 Å². The lowest BCUT2D eigenvalue weighted by Gasteiger charge is -2.12. The number of halogens is 3. The van der Waals surface area contributed by atoms with E-state index in [4.69, 9.17) is 5.11 Å². The summed E-state index contributed by atoms with van der Waals surface area (Å²) in [5.74, 6) is 0. The van der Waals surface area contributed by atoms with Crippen LogP contribution >= 0.6 is 0 Å². The van der Waals surface area contributed by atoms with Gasteiger partial charge in [-0.3, -0.25) is 0 Å². The molecule has 0 saturated carbocycles. The van der Waals surface area contributed by atoms with Crippen LogP contribution in [0, 0.1) is 0 Å². The predicted molar refractivity (Wildman–Crippen MR) is 41.3 cm³/mol. The molecule has 1 N–H and O–H groups in total. The molecule has 80 valence electrons. The molecule has 4 nitrogen and oxygen atoms in total. The minimum atomic E-state index is -4.54. The number of aliphatic hydroxyl groups is 1. The van der Waals surface area contributed by atoms with Gasteiger partial charge in [-0.15, -0.1) is 5.10 Å². The van der Waals surface area contributed by atoms with Crippen molar-refractivity contribution in [2.24, 2.45) is 0 Å². The SMILES string of the molecule is CC(C)n1nnc(CO)c1C(F)(F)F. The fourth-order valence-electron chi connectivity index (χ4n) is 1.09. The molecule has 0 amide bonds. The Hall–Kier alpha value is -1.11. The first-order chi connectivity index (χ1) is 6.38. The summed E-state index contributed by atoms with van der Waals surface area (Å²) in [5, 5.41) is 15.3. The van der Waals surface area contributed by atoms with Gasteiger partial charge in [-0.2, -0.15) is 13.2 Å². The average Bonchev–Trinajstić information content (AvgIpc) is 2.45. The van der Waals surface area contributed by atoms with Gasteiger partial charge in [-0.1, -0.05) is 5.21 Å². The highest BCUT2D eigenvalue weighted by molar-refractivity contribution is 5.13. The molecule has 0 aliphatic carbocycles. The van der Waals surface area contributed by atoms with Crippen molar-refractivity contribution in [1.82, 2.24) is 15.0 Å². The lowest BCUT2D eigenvalue weighted by atomic mass is 10.3. The van der Waals surface area contributed by atoms with Crippen LogP contribution in [0.15, 0.2) is 0 Å².